The van der Waals surface area contributed by atoms with E-state index in [0.717, 1.165) is 37.9 Å². The van der Waals surface area contributed by atoms with E-state index in [4.69, 9.17) is 0 Å². The van der Waals surface area contributed by atoms with Crippen molar-refractivity contribution in [3.63, 3.8) is 0 Å². The molecule has 0 spiro atoms. The van der Waals surface area contributed by atoms with Gasteiger partial charge in [-0.05, 0) is 37.9 Å². The first kappa shape index (κ1) is 13.1. The van der Waals surface area contributed by atoms with Gasteiger partial charge in [-0.3, -0.25) is 4.79 Å². The van der Waals surface area contributed by atoms with Gasteiger partial charge in [-0.25, -0.2) is 0 Å². The lowest BCUT2D eigenvalue weighted by atomic mass is 10.0. The fraction of sp³-hybridized carbons (Fsp3) is 0.533. The summed E-state index contributed by atoms with van der Waals surface area (Å²) in [5, 5.41) is 3.27. The van der Waals surface area contributed by atoms with E-state index in [-0.39, 0.29) is 5.91 Å². The highest BCUT2D eigenvalue weighted by Crippen LogP contribution is 2.18. The number of carbonyl (C=O) groups is 1. The standard InChI is InChI=1S/C15H22N2O/c1-3-13(16-2)11-17-10-6-8-12-7-4-5-9-14(12)15(17)18/h4-5,7,9,13,16H,3,6,8,10-11H2,1-2H3. The Labute approximate surface area is 109 Å². The van der Waals surface area contributed by atoms with E-state index in [1.165, 1.54) is 5.56 Å². The number of rotatable bonds is 4. The van der Waals surface area contributed by atoms with Crippen molar-refractivity contribution >= 4 is 5.91 Å². The molecule has 1 amide bonds. The quantitative estimate of drug-likeness (QED) is 0.882. The second-order valence-electron chi connectivity index (χ2n) is 4.91. The summed E-state index contributed by atoms with van der Waals surface area (Å²) in [4.78, 5) is 14.5. The van der Waals surface area contributed by atoms with Gasteiger partial charge in [0.2, 0.25) is 0 Å². The summed E-state index contributed by atoms with van der Waals surface area (Å²) in [6, 6.07) is 8.39. The van der Waals surface area contributed by atoms with E-state index in [0.29, 0.717) is 6.04 Å². The minimum absolute atomic E-state index is 0.191. The molecule has 3 heteroatoms. The first-order valence-electron chi connectivity index (χ1n) is 6.80. The second kappa shape index (κ2) is 6.01. The molecule has 0 saturated carbocycles. The fourth-order valence-electron chi connectivity index (χ4n) is 2.54. The monoisotopic (exact) mass is 246 g/mol. The molecule has 1 unspecified atom stereocenters. The number of carbonyl (C=O) groups excluding carboxylic acids is 1. The number of likely N-dealkylation sites (N-methyl/N-ethyl adjacent to an activating group) is 1. The van der Waals surface area contributed by atoms with E-state index in [1.807, 2.05) is 30.1 Å². The van der Waals surface area contributed by atoms with Crippen molar-refractivity contribution in [2.45, 2.75) is 32.2 Å². The van der Waals surface area contributed by atoms with Gasteiger partial charge in [-0.15, -0.1) is 0 Å². The predicted molar refractivity (Wildman–Crippen MR) is 73.8 cm³/mol. The zero-order chi connectivity index (χ0) is 13.0. The highest BCUT2D eigenvalue weighted by Gasteiger charge is 2.23. The Morgan fingerprint density at radius 2 is 2.17 bits per heavy atom. The average Bonchev–Trinajstić information content (AvgIpc) is 2.56. The SMILES string of the molecule is CCC(CN1CCCc2ccccc2C1=O)NC. The van der Waals surface area contributed by atoms with Crippen LogP contribution in [0.25, 0.3) is 0 Å². The van der Waals surface area contributed by atoms with Crippen LogP contribution in [-0.2, 0) is 6.42 Å². The van der Waals surface area contributed by atoms with Crippen LogP contribution < -0.4 is 5.32 Å². The molecule has 0 fully saturated rings. The van der Waals surface area contributed by atoms with Crippen LogP contribution >= 0.6 is 0 Å². The number of aryl methyl sites for hydroxylation is 1. The van der Waals surface area contributed by atoms with Crippen LogP contribution in [0.15, 0.2) is 24.3 Å². The molecule has 1 aromatic carbocycles. The van der Waals surface area contributed by atoms with Crippen LogP contribution in [0.4, 0.5) is 0 Å². The molecule has 1 N–H and O–H groups in total. The van der Waals surface area contributed by atoms with Crippen molar-refractivity contribution in [3.8, 4) is 0 Å². The van der Waals surface area contributed by atoms with Crippen LogP contribution in [0, 0.1) is 0 Å². The lowest BCUT2D eigenvalue weighted by molar-refractivity contribution is 0.0744. The summed E-state index contributed by atoms with van der Waals surface area (Å²) >= 11 is 0. The van der Waals surface area contributed by atoms with Crippen LogP contribution in [-0.4, -0.2) is 37.0 Å². The first-order chi connectivity index (χ1) is 8.76. The molecule has 18 heavy (non-hydrogen) atoms. The molecule has 98 valence electrons. The van der Waals surface area contributed by atoms with Gasteiger partial charge in [-0.1, -0.05) is 25.1 Å². The Morgan fingerprint density at radius 3 is 2.89 bits per heavy atom. The summed E-state index contributed by atoms with van der Waals surface area (Å²) in [6.45, 7) is 3.82. The molecule has 1 aromatic rings. The van der Waals surface area contributed by atoms with Crippen molar-refractivity contribution < 1.29 is 4.79 Å². The summed E-state index contributed by atoms with van der Waals surface area (Å²) < 4.78 is 0. The molecule has 1 aliphatic heterocycles. The fourth-order valence-corrected chi connectivity index (χ4v) is 2.54. The molecular formula is C15H22N2O. The number of hydrogen-bond acceptors (Lipinski definition) is 2. The van der Waals surface area contributed by atoms with Crippen molar-refractivity contribution in [1.29, 1.82) is 0 Å². The van der Waals surface area contributed by atoms with Crippen LogP contribution in [0.1, 0.15) is 35.7 Å². The second-order valence-corrected chi connectivity index (χ2v) is 4.91. The molecule has 3 nitrogen and oxygen atoms in total. The molecule has 0 bridgehead atoms. The maximum absolute atomic E-state index is 12.5. The predicted octanol–water partition coefficient (Wildman–Crippen LogP) is 2.07. The van der Waals surface area contributed by atoms with Crippen molar-refractivity contribution in [1.82, 2.24) is 10.2 Å². The van der Waals surface area contributed by atoms with E-state index < -0.39 is 0 Å². The third kappa shape index (κ3) is 2.72. The summed E-state index contributed by atoms with van der Waals surface area (Å²) in [7, 11) is 1.96. The van der Waals surface area contributed by atoms with E-state index >= 15 is 0 Å². The van der Waals surface area contributed by atoms with Gasteiger partial charge in [-0.2, -0.15) is 0 Å². The van der Waals surface area contributed by atoms with E-state index in [2.05, 4.69) is 18.3 Å². The van der Waals surface area contributed by atoms with Crippen molar-refractivity contribution in [3.05, 3.63) is 35.4 Å². The Kier molecular flexibility index (Phi) is 4.37. The Hall–Kier alpha value is -1.35. The van der Waals surface area contributed by atoms with Crippen LogP contribution in [0.5, 0.6) is 0 Å². The average molecular weight is 246 g/mol. The zero-order valence-electron chi connectivity index (χ0n) is 11.3. The van der Waals surface area contributed by atoms with Crippen LogP contribution in [0.2, 0.25) is 0 Å². The molecule has 0 radical (unpaired) electrons. The number of hydrogen-bond donors (Lipinski definition) is 1. The maximum atomic E-state index is 12.5. The van der Waals surface area contributed by atoms with Crippen molar-refractivity contribution in [2.75, 3.05) is 20.1 Å². The Morgan fingerprint density at radius 1 is 1.39 bits per heavy atom. The number of fused-ring (bicyclic) bond motifs is 1. The zero-order valence-corrected chi connectivity index (χ0v) is 11.3. The molecule has 1 atom stereocenters. The molecule has 0 saturated heterocycles. The summed E-state index contributed by atoms with van der Waals surface area (Å²) in [5.41, 5.74) is 2.09. The van der Waals surface area contributed by atoms with Crippen molar-refractivity contribution in [2.24, 2.45) is 0 Å². The van der Waals surface area contributed by atoms with Gasteiger partial charge in [0.15, 0.2) is 0 Å². The third-order valence-electron chi connectivity index (χ3n) is 3.75. The van der Waals surface area contributed by atoms with Gasteiger partial charge in [0.05, 0.1) is 0 Å². The number of nitrogens with one attached hydrogen (secondary N) is 1. The molecule has 1 heterocycles. The minimum atomic E-state index is 0.191. The van der Waals surface area contributed by atoms with Gasteiger partial charge in [0, 0.05) is 24.7 Å². The van der Waals surface area contributed by atoms with E-state index in [1.54, 1.807) is 0 Å². The molecule has 2 rings (SSSR count). The van der Waals surface area contributed by atoms with E-state index in [9.17, 15) is 4.79 Å². The molecular weight excluding hydrogens is 224 g/mol. The Bertz CT molecular complexity index is 413. The number of nitrogens with zero attached hydrogens (tertiary/aromatic N) is 1. The lowest BCUT2D eigenvalue weighted by Crippen LogP contribution is -2.42. The number of benzene rings is 1. The largest absolute Gasteiger partial charge is 0.337 e. The lowest BCUT2D eigenvalue weighted by Gasteiger charge is -2.26. The normalized spacial score (nSPS) is 17.2. The maximum Gasteiger partial charge on any atom is 0.254 e. The minimum Gasteiger partial charge on any atom is -0.337 e. The third-order valence-corrected chi connectivity index (χ3v) is 3.75. The summed E-state index contributed by atoms with van der Waals surface area (Å²) in [5.74, 6) is 0.191. The summed E-state index contributed by atoms with van der Waals surface area (Å²) in [6.07, 6.45) is 3.11. The highest BCUT2D eigenvalue weighted by atomic mass is 16.2. The first-order valence-corrected chi connectivity index (χ1v) is 6.80. The highest BCUT2D eigenvalue weighted by molar-refractivity contribution is 5.96. The van der Waals surface area contributed by atoms with Gasteiger partial charge in [0.25, 0.3) is 5.91 Å². The topological polar surface area (TPSA) is 32.3 Å². The smallest absolute Gasteiger partial charge is 0.254 e. The molecule has 0 aliphatic carbocycles. The molecule has 1 aliphatic rings. The Balaban J connectivity index is 2.17. The van der Waals surface area contributed by atoms with Gasteiger partial charge >= 0.3 is 0 Å². The van der Waals surface area contributed by atoms with Gasteiger partial charge in [0.1, 0.15) is 0 Å². The number of amides is 1. The molecule has 0 aromatic heterocycles. The van der Waals surface area contributed by atoms with Crippen LogP contribution in [0.3, 0.4) is 0 Å². The van der Waals surface area contributed by atoms with Gasteiger partial charge < -0.3 is 10.2 Å².